The molecule has 0 aliphatic carbocycles. The maximum absolute atomic E-state index is 12.9. The number of carbonyl (C=O) groups is 2. The molecule has 1 heterocycles. The minimum Gasteiger partial charge on any atom is -0.365 e. The van der Waals surface area contributed by atoms with Crippen LogP contribution in [0.3, 0.4) is 0 Å². The van der Waals surface area contributed by atoms with Gasteiger partial charge in [-0.1, -0.05) is 19.9 Å². The zero-order valence-corrected chi connectivity index (χ0v) is 18.3. The zero-order valence-electron chi connectivity index (χ0n) is 16.6. The first kappa shape index (κ1) is 22.1. The number of aryl methyl sites for hydroxylation is 2. The summed E-state index contributed by atoms with van der Waals surface area (Å²) in [6.45, 7) is 9.52. The molecule has 0 spiro atoms. The summed E-state index contributed by atoms with van der Waals surface area (Å²) in [4.78, 5) is 25.5. The number of thiophene rings is 1. The van der Waals surface area contributed by atoms with Crippen LogP contribution in [0.25, 0.3) is 0 Å². The molecule has 0 atom stereocenters. The first-order chi connectivity index (χ1) is 13.0. The van der Waals surface area contributed by atoms with Gasteiger partial charge in [-0.25, -0.2) is 8.42 Å². The lowest BCUT2D eigenvalue weighted by Crippen LogP contribution is -2.30. The Labute approximate surface area is 169 Å². The van der Waals surface area contributed by atoms with Crippen LogP contribution in [0, 0.1) is 20.8 Å². The van der Waals surface area contributed by atoms with Crippen LogP contribution < -0.4 is 11.1 Å². The first-order valence-corrected chi connectivity index (χ1v) is 11.1. The van der Waals surface area contributed by atoms with E-state index in [0.717, 1.165) is 10.4 Å². The van der Waals surface area contributed by atoms with Crippen molar-refractivity contribution in [3.05, 3.63) is 45.3 Å². The Balaban J connectivity index is 2.45. The number of sulfonamides is 1. The van der Waals surface area contributed by atoms with Gasteiger partial charge in [-0.15, -0.1) is 11.3 Å². The summed E-state index contributed by atoms with van der Waals surface area (Å²) in [5.74, 6) is -1.11. The monoisotopic (exact) mass is 423 g/mol. The first-order valence-electron chi connectivity index (χ1n) is 8.86. The number of nitrogens with two attached hydrogens (primary N) is 1. The maximum Gasteiger partial charge on any atom is 0.256 e. The predicted molar refractivity (Wildman–Crippen MR) is 112 cm³/mol. The van der Waals surface area contributed by atoms with Crippen LogP contribution >= 0.6 is 11.3 Å². The lowest BCUT2D eigenvalue weighted by atomic mass is 10.1. The third-order valence-electron chi connectivity index (χ3n) is 4.66. The van der Waals surface area contributed by atoms with Crippen molar-refractivity contribution in [1.29, 1.82) is 0 Å². The van der Waals surface area contributed by atoms with Gasteiger partial charge >= 0.3 is 0 Å². The van der Waals surface area contributed by atoms with Crippen LogP contribution in [0.1, 0.15) is 50.6 Å². The predicted octanol–water partition coefficient (Wildman–Crippen LogP) is 3.06. The number of amides is 2. The van der Waals surface area contributed by atoms with Crippen molar-refractivity contribution >= 4 is 38.2 Å². The van der Waals surface area contributed by atoms with Gasteiger partial charge in [0.1, 0.15) is 5.00 Å². The van der Waals surface area contributed by atoms with E-state index in [2.05, 4.69) is 5.32 Å². The van der Waals surface area contributed by atoms with Crippen molar-refractivity contribution in [2.45, 2.75) is 39.5 Å². The third-order valence-corrected chi connectivity index (χ3v) is 7.82. The van der Waals surface area contributed by atoms with Gasteiger partial charge in [-0.05, 0) is 44.0 Å². The maximum atomic E-state index is 12.9. The van der Waals surface area contributed by atoms with E-state index >= 15 is 0 Å². The molecule has 0 radical (unpaired) electrons. The molecule has 0 aliphatic rings. The van der Waals surface area contributed by atoms with E-state index in [1.54, 1.807) is 33.8 Å². The van der Waals surface area contributed by atoms with Gasteiger partial charge < -0.3 is 11.1 Å². The van der Waals surface area contributed by atoms with Crippen LogP contribution in [0.4, 0.5) is 5.00 Å². The smallest absolute Gasteiger partial charge is 0.256 e. The average Bonchev–Trinajstić information content (AvgIpc) is 2.89. The molecule has 2 amide bonds. The Morgan fingerprint density at radius 1 is 1.14 bits per heavy atom. The fraction of sp³-hybridized carbons (Fsp3) is 0.368. The lowest BCUT2D eigenvalue weighted by molar-refractivity contribution is 0.100. The summed E-state index contributed by atoms with van der Waals surface area (Å²) in [5, 5.41) is 3.08. The van der Waals surface area contributed by atoms with E-state index in [1.165, 1.54) is 27.8 Å². The Morgan fingerprint density at radius 2 is 1.75 bits per heavy atom. The van der Waals surface area contributed by atoms with Crippen molar-refractivity contribution in [1.82, 2.24) is 4.31 Å². The molecule has 2 aromatic rings. The van der Waals surface area contributed by atoms with Crippen molar-refractivity contribution < 1.29 is 18.0 Å². The van der Waals surface area contributed by atoms with Crippen LogP contribution in [-0.4, -0.2) is 37.6 Å². The summed E-state index contributed by atoms with van der Waals surface area (Å²) in [7, 11) is -3.69. The summed E-state index contributed by atoms with van der Waals surface area (Å²) in [5.41, 5.74) is 7.31. The molecular weight excluding hydrogens is 398 g/mol. The molecule has 0 aliphatic heterocycles. The third kappa shape index (κ3) is 4.11. The van der Waals surface area contributed by atoms with E-state index in [1.807, 2.05) is 6.92 Å². The molecule has 9 heteroatoms. The van der Waals surface area contributed by atoms with Gasteiger partial charge in [0.05, 0.1) is 10.5 Å². The Bertz CT molecular complexity index is 1020. The van der Waals surface area contributed by atoms with E-state index in [4.69, 9.17) is 5.73 Å². The minimum absolute atomic E-state index is 0.0561. The number of carbonyl (C=O) groups excluding carboxylic acids is 2. The number of anilines is 1. The van der Waals surface area contributed by atoms with Gasteiger partial charge in [0.15, 0.2) is 0 Å². The number of primary amides is 1. The molecule has 0 saturated heterocycles. The second-order valence-electron chi connectivity index (χ2n) is 6.37. The quantitative estimate of drug-likeness (QED) is 0.713. The van der Waals surface area contributed by atoms with Crippen LogP contribution in [0.15, 0.2) is 23.1 Å². The summed E-state index contributed by atoms with van der Waals surface area (Å²) >= 11 is 1.26. The summed E-state index contributed by atoms with van der Waals surface area (Å²) < 4.78 is 26.9. The average molecular weight is 424 g/mol. The van der Waals surface area contributed by atoms with E-state index < -0.39 is 21.8 Å². The summed E-state index contributed by atoms with van der Waals surface area (Å²) in [6, 6.07) is 4.47. The zero-order chi connectivity index (χ0) is 21.2. The number of rotatable bonds is 7. The van der Waals surface area contributed by atoms with Gasteiger partial charge in [0, 0.05) is 23.5 Å². The van der Waals surface area contributed by atoms with Gasteiger partial charge in [-0.3, -0.25) is 9.59 Å². The Kier molecular flexibility index (Phi) is 6.63. The molecule has 7 nitrogen and oxygen atoms in total. The van der Waals surface area contributed by atoms with Gasteiger partial charge in [0.2, 0.25) is 10.0 Å². The number of nitrogens with zero attached hydrogens (tertiary/aromatic N) is 1. The highest BCUT2D eigenvalue weighted by atomic mass is 32.2. The SMILES string of the molecule is CCN(CC)S(=O)(=O)c1ccc(C)c(C(=O)Nc2sc(C)c(C)c2C(N)=O)c1. The summed E-state index contributed by atoms with van der Waals surface area (Å²) in [6.07, 6.45) is 0. The molecule has 0 fully saturated rings. The van der Waals surface area contributed by atoms with Crippen molar-refractivity contribution in [3.8, 4) is 0 Å². The highest BCUT2D eigenvalue weighted by Crippen LogP contribution is 2.32. The lowest BCUT2D eigenvalue weighted by Gasteiger charge is -2.19. The number of hydrogen-bond acceptors (Lipinski definition) is 5. The fourth-order valence-electron chi connectivity index (χ4n) is 2.90. The molecule has 1 aromatic carbocycles. The second kappa shape index (κ2) is 8.42. The molecular formula is C19H25N3O4S2. The normalized spacial score (nSPS) is 11.6. The fourth-order valence-corrected chi connectivity index (χ4v) is 5.45. The largest absolute Gasteiger partial charge is 0.365 e. The van der Waals surface area contributed by atoms with Crippen molar-refractivity contribution in [2.24, 2.45) is 5.73 Å². The molecule has 0 saturated carbocycles. The molecule has 1 aromatic heterocycles. The van der Waals surface area contributed by atoms with Crippen molar-refractivity contribution in [3.63, 3.8) is 0 Å². The Hall–Kier alpha value is -2.23. The van der Waals surface area contributed by atoms with E-state index in [9.17, 15) is 18.0 Å². The van der Waals surface area contributed by atoms with Crippen LogP contribution in [0.5, 0.6) is 0 Å². The van der Waals surface area contributed by atoms with Crippen LogP contribution in [-0.2, 0) is 10.0 Å². The highest BCUT2D eigenvalue weighted by Gasteiger charge is 2.25. The van der Waals surface area contributed by atoms with Crippen molar-refractivity contribution in [2.75, 3.05) is 18.4 Å². The number of nitrogens with one attached hydrogen (secondary N) is 1. The van der Waals surface area contributed by atoms with Gasteiger partial charge in [-0.2, -0.15) is 4.31 Å². The second-order valence-corrected chi connectivity index (χ2v) is 9.53. The highest BCUT2D eigenvalue weighted by molar-refractivity contribution is 7.89. The molecule has 28 heavy (non-hydrogen) atoms. The van der Waals surface area contributed by atoms with E-state index in [-0.39, 0.29) is 16.0 Å². The van der Waals surface area contributed by atoms with E-state index in [0.29, 0.717) is 23.7 Å². The molecule has 0 unspecified atom stereocenters. The minimum atomic E-state index is -3.69. The number of hydrogen-bond donors (Lipinski definition) is 2. The Morgan fingerprint density at radius 3 is 2.29 bits per heavy atom. The molecule has 152 valence electrons. The standard InChI is InChI=1S/C19H25N3O4S2/c1-6-22(7-2)28(25,26)14-9-8-11(3)15(10-14)18(24)21-19-16(17(20)23)12(4)13(5)27-19/h8-10H,6-7H2,1-5H3,(H2,20,23)(H,21,24). The topological polar surface area (TPSA) is 110 Å². The molecule has 3 N–H and O–H groups in total. The molecule has 0 bridgehead atoms. The van der Waals surface area contributed by atoms with Gasteiger partial charge in [0.25, 0.3) is 11.8 Å². The van der Waals surface area contributed by atoms with Crippen LogP contribution in [0.2, 0.25) is 0 Å². The molecule has 2 rings (SSSR count). The number of benzene rings is 1.